The van der Waals surface area contributed by atoms with Gasteiger partial charge in [0.2, 0.25) is 0 Å². The molecule has 0 aromatic carbocycles. The molecule has 0 spiro atoms. The zero-order valence-electron chi connectivity index (χ0n) is 12.8. The predicted octanol–water partition coefficient (Wildman–Crippen LogP) is 2.10. The number of carbonyl (C=O) groups is 1. The lowest BCUT2D eigenvalue weighted by Gasteiger charge is -2.11. The summed E-state index contributed by atoms with van der Waals surface area (Å²) < 4.78 is 2.30. The topological polar surface area (TPSA) is 59.0 Å². The van der Waals surface area contributed by atoms with Crippen molar-refractivity contribution in [3.05, 3.63) is 17.7 Å². The summed E-state index contributed by atoms with van der Waals surface area (Å²) in [6.45, 7) is 8.68. The van der Waals surface area contributed by atoms with Crippen LogP contribution in [0.15, 0.2) is 6.20 Å². The summed E-state index contributed by atoms with van der Waals surface area (Å²) in [5.41, 5.74) is 1.22. The molecule has 1 aromatic rings. The minimum Gasteiger partial charge on any atom is -0.338 e. The fourth-order valence-electron chi connectivity index (χ4n) is 2.17. The highest BCUT2D eigenvalue weighted by Crippen LogP contribution is 2.31. The monoisotopic (exact) mass is 278 g/mol. The van der Waals surface area contributed by atoms with Crippen LogP contribution in [0, 0.1) is 18.8 Å². The molecule has 1 heterocycles. The van der Waals surface area contributed by atoms with E-state index in [1.807, 2.05) is 6.20 Å². The van der Waals surface area contributed by atoms with Gasteiger partial charge < -0.3 is 15.2 Å². The number of rotatable bonds is 7. The first-order valence-corrected chi connectivity index (χ1v) is 7.59. The molecule has 1 saturated carbocycles. The van der Waals surface area contributed by atoms with Gasteiger partial charge in [0.1, 0.15) is 5.82 Å². The number of hydrogen-bond donors (Lipinski definition) is 2. The second-order valence-electron chi connectivity index (χ2n) is 6.15. The van der Waals surface area contributed by atoms with E-state index in [9.17, 15) is 4.79 Å². The molecule has 0 unspecified atom stereocenters. The molecule has 1 aromatic heterocycles. The Labute approximate surface area is 121 Å². The van der Waals surface area contributed by atoms with Crippen LogP contribution in [0.1, 0.15) is 38.2 Å². The van der Waals surface area contributed by atoms with Gasteiger partial charge in [0.05, 0.1) is 0 Å². The Morgan fingerprint density at radius 3 is 2.85 bits per heavy atom. The lowest BCUT2D eigenvalue weighted by Crippen LogP contribution is -2.38. The van der Waals surface area contributed by atoms with Gasteiger partial charge in [0.15, 0.2) is 0 Å². The Hall–Kier alpha value is -1.52. The molecule has 2 rings (SSSR count). The van der Waals surface area contributed by atoms with E-state index < -0.39 is 0 Å². The van der Waals surface area contributed by atoms with Crippen LogP contribution < -0.4 is 10.6 Å². The Morgan fingerprint density at radius 1 is 1.45 bits per heavy atom. The second kappa shape index (κ2) is 6.77. The van der Waals surface area contributed by atoms with E-state index in [4.69, 9.17) is 0 Å². The van der Waals surface area contributed by atoms with E-state index in [1.165, 1.54) is 18.5 Å². The van der Waals surface area contributed by atoms with Gasteiger partial charge in [-0.3, -0.25) is 0 Å². The molecular weight excluding hydrogens is 252 g/mol. The molecule has 0 saturated heterocycles. The van der Waals surface area contributed by atoms with Gasteiger partial charge in [-0.2, -0.15) is 0 Å². The molecule has 112 valence electrons. The summed E-state index contributed by atoms with van der Waals surface area (Å²) in [4.78, 5) is 16.0. The van der Waals surface area contributed by atoms with Gasteiger partial charge in [0, 0.05) is 37.9 Å². The number of imidazole rings is 1. The summed E-state index contributed by atoms with van der Waals surface area (Å²) in [6, 6.07) is -0.0873. The average molecular weight is 278 g/mol. The van der Waals surface area contributed by atoms with Gasteiger partial charge in [-0.1, -0.05) is 13.8 Å². The van der Waals surface area contributed by atoms with E-state index in [-0.39, 0.29) is 6.03 Å². The van der Waals surface area contributed by atoms with Gasteiger partial charge in [-0.15, -0.1) is 0 Å². The molecule has 1 aliphatic rings. The minimum atomic E-state index is -0.0873. The molecule has 5 heteroatoms. The van der Waals surface area contributed by atoms with E-state index in [0.717, 1.165) is 24.7 Å². The van der Waals surface area contributed by atoms with Gasteiger partial charge in [0.25, 0.3) is 0 Å². The standard InChI is InChI=1S/C15H26N4O/c1-11(2)8-18-15(20)16-7-6-14-17-9-12(3)19(14)10-13-4-5-13/h9,11,13H,4-8,10H2,1-3H3,(H2,16,18,20). The summed E-state index contributed by atoms with van der Waals surface area (Å²) in [7, 11) is 0. The molecular formula is C15H26N4O. The van der Waals surface area contributed by atoms with Crippen LogP contribution in [-0.2, 0) is 13.0 Å². The highest BCUT2D eigenvalue weighted by atomic mass is 16.2. The molecule has 0 bridgehead atoms. The quantitative estimate of drug-likeness (QED) is 0.802. The third kappa shape index (κ3) is 4.54. The van der Waals surface area contributed by atoms with Crippen molar-refractivity contribution in [3.63, 3.8) is 0 Å². The smallest absolute Gasteiger partial charge is 0.314 e. The number of urea groups is 1. The average Bonchev–Trinajstić information content (AvgIpc) is 3.15. The fraction of sp³-hybridized carbons (Fsp3) is 0.733. The molecule has 1 aliphatic carbocycles. The number of carbonyl (C=O) groups excluding carboxylic acids is 1. The Bertz CT molecular complexity index is 449. The van der Waals surface area contributed by atoms with Crippen LogP contribution >= 0.6 is 0 Å². The van der Waals surface area contributed by atoms with Crippen LogP contribution in [0.5, 0.6) is 0 Å². The number of nitrogens with one attached hydrogen (secondary N) is 2. The maximum atomic E-state index is 11.6. The van der Waals surface area contributed by atoms with Crippen molar-refractivity contribution in [1.29, 1.82) is 0 Å². The summed E-state index contributed by atoms with van der Waals surface area (Å²) in [5, 5.41) is 5.74. The van der Waals surface area contributed by atoms with Crippen LogP contribution in [0.2, 0.25) is 0 Å². The van der Waals surface area contributed by atoms with Crippen molar-refractivity contribution in [2.75, 3.05) is 13.1 Å². The van der Waals surface area contributed by atoms with Crippen molar-refractivity contribution in [3.8, 4) is 0 Å². The molecule has 5 nitrogen and oxygen atoms in total. The summed E-state index contributed by atoms with van der Waals surface area (Å²) >= 11 is 0. The molecule has 2 N–H and O–H groups in total. The lowest BCUT2D eigenvalue weighted by molar-refractivity contribution is 0.239. The van der Waals surface area contributed by atoms with Crippen LogP contribution in [0.25, 0.3) is 0 Å². The Morgan fingerprint density at radius 2 is 2.20 bits per heavy atom. The molecule has 0 aliphatic heterocycles. The van der Waals surface area contributed by atoms with Crippen LogP contribution in [0.4, 0.5) is 4.79 Å². The zero-order valence-corrected chi connectivity index (χ0v) is 12.8. The van der Waals surface area contributed by atoms with Gasteiger partial charge in [-0.05, 0) is 31.6 Å². The second-order valence-corrected chi connectivity index (χ2v) is 6.15. The third-order valence-corrected chi connectivity index (χ3v) is 3.58. The van der Waals surface area contributed by atoms with Crippen LogP contribution in [-0.4, -0.2) is 28.7 Å². The van der Waals surface area contributed by atoms with Crippen molar-refractivity contribution < 1.29 is 4.79 Å². The normalized spacial score (nSPS) is 14.6. The van der Waals surface area contributed by atoms with Crippen LogP contribution in [0.3, 0.4) is 0 Å². The number of aromatic nitrogens is 2. The molecule has 0 radical (unpaired) electrons. The number of hydrogen-bond acceptors (Lipinski definition) is 2. The highest BCUT2D eigenvalue weighted by Gasteiger charge is 2.23. The first-order valence-electron chi connectivity index (χ1n) is 7.59. The van der Waals surface area contributed by atoms with E-state index in [1.54, 1.807) is 0 Å². The summed E-state index contributed by atoms with van der Waals surface area (Å²) in [6.07, 6.45) is 5.39. The molecule has 1 fully saturated rings. The maximum Gasteiger partial charge on any atom is 0.314 e. The number of aryl methyl sites for hydroxylation is 1. The first-order chi connectivity index (χ1) is 9.56. The van der Waals surface area contributed by atoms with E-state index in [2.05, 4.69) is 41.0 Å². The largest absolute Gasteiger partial charge is 0.338 e. The van der Waals surface area contributed by atoms with Crippen molar-refractivity contribution in [2.24, 2.45) is 11.8 Å². The minimum absolute atomic E-state index is 0.0873. The van der Waals surface area contributed by atoms with Gasteiger partial charge in [-0.25, -0.2) is 9.78 Å². The van der Waals surface area contributed by atoms with E-state index in [0.29, 0.717) is 19.0 Å². The highest BCUT2D eigenvalue weighted by molar-refractivity contribution is 5.73. The first kappa shape index (κ1) is 14.9. The zero-order chi connectivity index (χ0) is 14.5. The van der Waals surface area contributed by atoms with Crippen molar-refractivity contribution >= 4 is 6.03 Å². The molecule has 2 amide bonds. The molecule has 0 atom stereocenters. The lowest BCUT2D eigenvalue weighted by atomic mass is 10.2. The maximum absolute atomic E-state index is 11.6. The van der Waals surface area contributed by atoms with Crippen molar-refractivity contribution in [1.82, 2.24) is 20.2 Å². The summed E-state index contributed by atoms with van der Waals surface area (Å²) in [5.74, 6) is 2.39. The predicted molar refractivity (Wildman–Crippen MR) is 79.6 cm³/mol. The Balaban J connectivity index is 1.74. The third-order valence-electron chi connectivity index (χ3n) is 3.58. The fourth-order valence-corrected chi connectivity index (χ4v) is 2.17. The Kier molecular flexibility index (Phi) is 5.04. The molecule has 20 heavy (non-hydrogen) atoms. The SMILES string of the molecule is Cc1cnc(CCNC(=O)NCC(C)C)n1CC1CC1. The van der Waals surface area contributed by atoms with E-state index >= 15 is 0 Å². The van der Waals surface area contributed by atoms with Gasteiger partial charge >= 0.3 is 6.03 Å². The number of nitrogens with zero attached hydrogens (tertiary/aromatic N) is 2. The number of amides is 2. The van der Waals surface area contributed by atoms with Crippen molar-refractivity contribution in [2.45, 2.75) is 46.6 Å².